The number of ether oxygens (including phenoxy) is 2. The van der Waals surface area contributed by atoms with Gasteiger partial charge in [0.15, 0.2) is 0 Å². The molecule has 1 aromatic heterocycles. The van der Waals surface area contributed by atoms with Gasteiger partial charge in [-0.1, -0.05) is 48.9 Å². The number of carbonyl (C=O) groups excluding carboxylic acids is 1. The second-order valence-electron chi connectivity index (χ2n) is 8.46. The van der Waals surface area contributed by atoms with Crippen LogP contribution >= 0.6 is 0 Å². The van der Waals surface area contributed by atoms with Crippen molar-refractivity contribution in [1.29, 1.82) is 0 Å². The molecule has 2 aromatic carbocycles. The van der Waals surface area contributed by atoms with Crippen molar-refractivity contribution in [1.82, 2.24) is 4.98 Å². The third-order valence-electron chi connectivity index (χ3n) is 5.50. The first-order valence-electron chi connectivity index (χ1n) is 10.8. The van der Waals surface area contributed by atoms with Crippen LogP contribution in [0.5, 0.6) is 11.5 Å². The SMILES string of the molecule is C=C[C@@](C)(/C=C/c1ccc(OC(=O)c2cc3cc(OC)ccc3[nH]2)cc1)CCC=C(C)C. The van der Waals surface area contributed by atoms with Crippen molar-refractivity contribution in [2.45, 2.75) is 33.6 Å². The second kappa shape index (κ2) is 10.2. The Kier molecular flexibility index (Phi) is 7.37. The smallest absolute Gasteiger partial charge is 0.360 e. The van der Waals surface area contributed by atoms with Crippen LogP contribution < -0.4 is 9.47 Å². The van der Waals surface area contributed by atoms with Gasteiger partial charge in [-0.05, 0) is 68.7 Å². The van der Waals surface area contributed by atoms with Crippen molar-refractivity contribution in [2.75, 3.05) is 7.11 Å². The van der Waals surface area contributed by atoms with Crippen molar-refractivity contribution in [3.05, 3.63) is 90.2 Å². The molecule has 0 saturated heterocycles. The molecule has 0 bridgehead atoms. The van der Waals surface area contributed by atoms with Crippen LogP contribution in [0, 0.1) is 5.41 Å². The molecule has 1 heterocycles. The third kappa shape index (κ3) is 6.01. The monoisotopic (exact) mass is 429 g/mol. The molecule has 32 heavy (non-hydrogen) atoms. The van der Waals surface area contributed by atoms with Crippen LogP contribution in [0.4, 0.5) is 0 Å². The summed E-state index contributed by atoms with van der Waals surface area (Å²) >= 11 is 0. The van der Waals surface area contributed by atoms with Crippen LogP contribution in [0.2, 0.25) is 0 Å². The maximum absolute atomic E-state index is 12.6. The zero-order valence-corrected chi connectivity index (χ0v) is 19.3. The van der Waals surface area contributed by atoms with Gasteiger partial charge in [-0.3, -0.25) is 0 Å². The first kappa shape index (κ1) is 23.1. The van der Waals surface area contributed by atoms with E-state index < -0.39 is 5.97 Å². The van der Waals surface area contributed by atoms with E-state index in [1.807, 2.05) is 36.4 Å². The van der Waals surface area contributed by atoms with Gasteiger partial charge in [0.1, 0.15) is 17.2 Å². The lowest BCUT2D eigenvalue weighted by Crippen LogP contribution is -2.09. The number of aromatic nitrogens is 1. The highest BCUT2D eigenvalue weighted by Gasteiger charge is 2.15. The van der Waals surface area contributed by atoms with Crippen molar-refractivity contribution >= 4 is 22.9 Å². The van der Waals surface area contributed by atoms with Gasteiger partial charge >= 0.3 is 5.97 Å². The molecule has 0 aliphatic rings. The Balaban J connectivity index is 1.65. The highest BCUT2D eigenvalue weighted by atomic mass is 16.5. The van der Waals surface area contributed by atoms with Gasteiger partial charge in [-0.2, -0.15) is 0 Å². The number of hydrogen-bond acceptors (Lipinski definition) is 3. The van der Waals surface area contributed by atoms with E-state index >= 15 is 0 Å². The highest BCUT2D eigenvalue weighted by Crippen LogP contribution is 2.28. The quantitative estimate of drug-likeness (QED) is 0.220. The summed E-state index contributed by atoms with van der Waals surface area (Å²) in [5.74, 6) is 0.810. The molecular formula is C28H31NO3. The Bertz CT molecular complexity index is 1150. The van der Waals surface area contributed by atoms with Crippen LogP contribution in [0.3, 0.4) is 0 Å². The summed E-state index contributed by atoms with van der Waals surface area (Å²) < 4.78 is 10.8. The molecule has 1 atom stereocenters. The number of hydrogen-bond donors (Lipinski definition) is 1. The molecule has 166 valence electrons. The molecule has 0 aliphatic heterocycles. The van der Waals surface area contributed by atoms with E-state index in [4.69, 9.17) is 9.47 Å². The lowest BCUT2D eigenvalue weighted by Gasteiger charge is -2.20. The predicted molar refractivity (Wildman–Crippen MR) is 132 cm³/mol. The van der Waals surface area contributed by atoms with E-state index in [9.17, 15) is 4.79 Å². The Morgan fingerprint density at radius 3 is 2.47 bits per heavy atom. The largest absolute Gasteiger partial charge is 0.497 e. The van der Waals surface area contributed by atoms with E-state index in [1.165, 1.54) is 5.57 Å². The summed E-state index contributed by atoms with van der Waals surface area (Å²) in [6.45, 7) is 10.4. The number of carbonyl (C=O) groups is 1. The fourth-order valence-corrected chi connectivity index (χ4v) is 3.37. The zero-order valence-electron chi connectivity index (χ0n) is 19.3. The molecule has 0 radical (unpaired) electrons. The van der Waals surface area contributed by atoms with Crippen LogP contribution in [-0.2, 0) is 0 Å². The highest BCUT2D eigenvalue weighted by molar-refractivity contribution is 5.96. The molecule has 1 N–H and O–H groups in total. The third-order valence-corrected chi connectivity index (χ3v) is 5.50. The van der Waals surface area contributed by atoms with Crippen LogP contribution in [0.25, 0.3) is 17.0 Å². The maximum atomic E-state index is 12.6. The summed E-state index contributed by atoms with van der Waals surface area (Å²) in [6.07, 6.45) is 10.5. The summed E-state index contributed by atoms with van der Waals surface area (Å²) in [6, 6.07) is 14.9. The number of H-pyrrole nitrogens is 1. The molecule has 0 spiro atoms. The first-order chi connectivity index (χ1) is 15.3. The topological polar surface area (TPSA) is 51.3 Å². The van der Waals surface area contributed by atoms with E-state index in [1.54, 1.807) is 25.3 Å². The van der Waals surface area contributed by atoms with Gasteiger partial charge < -0.3 is 14.5 Å². The van der Waals surface area contributed by atoms with Crippen molar-refractivity contribution in [3.8, 4) is 11.5 Å². The number of nitrogens with one attached hydrogen (secondary N) is 1. The van der Waals surface area contributed by atoms with Crippen molar-refractivity contribution in [3.63, 3.8) is 0 Å². The lowest BCUT2D eigenvalue weighted by atomic mass is 9.84. The summed E-state index contributed by atoms with van der Waals surface area (Å²) in [7, 11) is 1.62. The average molecular weight is 430 g/mol. The van der Waals surface area contributed by atoms with E-state index in [0.29, 0.717) is 11.4 Å². The fourth-order valence-electron chi connectivity index (χ4n) is 3.37. The second-order valence-corrected chi connectivity index (χ2v) is 8.46. The molecule has 4 heteroatoms. The molecule has 3 aromatic rings. The zero-order chi connectivity index (χ0) is 23.1. The van der Waals surface area contributed by atoms with E-state index in [-0.39, 0.29) is 5.41 Å². The number of esters is 1. The number of methoxy groups -OCH3 is 1. The summed E-state index contributed by atoms with van der Waals surface area (Å²) in [5.41, 5.74) is 3.55. The molecule has 0 fully saturated rings. The Morgan fingerprint density at radius 2 is 1.81 bits per heavy atom. The molecule has 0 saturated carbocycles. The minimum Gasteiger partial charge on any atom is -0.497 e. The van der Waals surface area contributed by atoms with Crippen molar-refractivity contribution in [2.24, 2.45) is 5.41 Å². The molecule has 0 unspecified atom stereocenters. The fraction of sp³-hybridized carbons (Fsp3) is 0.250. The van der Waals surface area contributed by atoms with Crippen LogP contribution in [0.1, 0.15) is 49.7 Å². The Morgan fingerprint density at radius 1 is 1.09 bits per heavy atom. The Labute approximate surface area is 190 Å². The minimum atomic E-state index is -0.429. The molecule has 0 amide bonds. The molecule has 0 aliphatic carbocycles. The predicted octanol–water partition coefficient (Wildman–Crippen LogP) is 7.35. The van der Waals surface area contributed by atoms with Gasteiger partial charge in [-0.15, -0.1) is 6.58 Å². The standard InChI is InChI=1S/C28H31NO3/c1-6-28(4,16-7-8-20(2)3)17-15-21-9-11-23(12-10-21)32-27(30)26-19-22-18-24(31-5)13-14-25(22)29-26/h6,8-15,17-19,29H,1,7,16H2,2-5H3/b17-15+/t28-/m1/s1. The van der Waals surface area contributed by atoms with Gasteiger partial charge in [0.2, 0.25) is 0 Å². The van der Waals surface area contributed by atoms with E-state index in [0.717, 1.165) is 35.1 Å². The normalized spacial score (nSPS) is 13.0. The van der Waals surface area contributed by atoms with Gasteiger partial charge in [0.05, 0.1) is 7.11 Å². The summed E-state index contributed by atoms with van der Waals surface area (Å²) in [4.78, 5) is 15.6. The number of fused-ring (bicyclic) bond motifs is 1. The Hall–Kier alpha value is -3.53. The lowest BCUT2D eigenvalue weighted by molar-refractivity contribution is 0.0729. The van der Waals surface area contributed by atoms with E-state index in [2.05, 4.69) is 50.6 Å². The van der Waals surface area contributed by atoms with Crippen LogP contribution in [-0.4, -0.2) is 18.1 Å². The van der Waals surface area contributed by atoms with Crippen molar-refractivity contribution < 1.29 is 14.3 Å². The number of aromatic amines is 1. The van der Waals surface area contributed by atoms with Gasteiger partial charge in [0, 0.05) is 16.3 Å². The first-order valence-corrected chi connectivity index (χ1v) is 10.8. The number of rotatable bonds is 9. The van der Waals surface area contributed by atoms with Crippen LogP contribution in [0.15, 0.2) is 78.9 Å². The minimum absolute atomic E-state index is 0.0740. The number of benzene rings is 2. The van der Waals surface area contributed by atoms with Gasteiger partial charge in [0.25, 0.3) is 0 Å². The number of allylic oxidation sites excluding steroid dienone is 4. The maximum Gasteiger partial charge on any atom is 0.360 e. The summed E-state index contributed by atoms with van der Waals surface area (Å²) in [5, 5.41) is 0.895. The molecular weight excluding hydrogens is 398 g/mol. The molecule has 4 nitrogen and oxygen atoms in total. The van der Waals surface area contributed by atoms with Gasteiger partial charge in [-0.25, -0.2) is 4.79 Å². The average Bonchev–Trinajstić information content (AvgIpc) is 3.22. The molecule has 3 rings (SSSR count).